The van der Waals surface area contributed by atoms with Gasteiger partial charge in [0.1, 0.15) is 19.3 Å². The first kappa shape index (κ1) is 54.4. The van der Waals surface area contributed by atoms with Crippen LogP contribution in [0.3, 0.4) is 0 Å². The summed E-state index contributed by atoms with van der Waals surface area (Å²) in [6, 6.07) is 0. The number of nitrogens with zero attached hydrogens (tertiary/aromatic N) is 1. The van der Waals surface area contributed by atoms with Crippen LogP contribution >= 0.6 is 7.82 Å². The van der Waals surface area contributed by atoms with Gasteiger partial charge >= 0.3 is 13.8 Å². The second-order valence-electron chi connectivity index (χ2n) is 15.3. The van der Waals surface area contributed by atoms with Crippen LogP contribution in [0.15, 0.2) is 97.2 Å². The first-order chi connectivity index (χ1) is 27.6. The van der Waals surface area contributed by atoms with Gasteiger partial charge in [-0.1, -0.05) is 143 Å². The monoisotopic (exact) mass is 817 g/mol. The Labute approximate surface area is 349 Å². The summed E-state index contributed by atoms with van der Waals surface area (Å²) in [6.45, 7) is 5.32. The molecular formula is C48H83NO7P+. The zero-order chi connectivity index (χ0) is 42.0. The Balaban J connectivity index is 4.37. The van der Waals surface area contributed by atoms with Gasteiger partial charge in [-0.2, -0.15) is 0 Å². The second kappa shape index (κ2) is 40.2. The van der Waals surface area contributed by atoms with Crippen molar-refractivity contribution in [3.8, 4) is 0 Å². The fourth-order valence-electron chi connectivity index (χ4n) is 5.24. The smallest absolute Gasteiger partial charge is 0.457 e. The summed E-state index contributed by atoms with van der Waals surface area (Å²) in [5, 5.41) is 0. The molecule has 0 aromatic rings. The maximum atomic E-state index is 12.7. The van der Waals surface area contributed by atoms with E-state index in [1.807, 2.05) is 21.1 Å². The van der Waals surface area contributed by atoms with Gasteiger partial charge in [-0.05, 0) is 89.9 Å². The molecule has 0 spiro atoms. The van der Waals surface area contributed by atoms with Crippen molar-refractivity contribution in [2.24, 2.45) is 0 Å². The fourth-order valence-corrected chi connectivity index (χ4v) is 5.98. The van der Waals surface area contributed by atoms with E-state index in [1.54, 1.807) is 0 Å². The summed E-state index contributed by atoms with van der Waals surface area (Å²) in [6.07, 6.45) is 54.4. The predicted octanol–water partition coefficient (Wildman–Crippen LogP) is 13.0. The summed E-state index contributed by atoms with van der Waals surface area (Å²) >= 11 is 0. The number of hydrogen-bond acceptors (Lipinski definition) is 6. The van der Waals surface area contributed by atoms with Crippen LogP contribution in [0.4, 0.5) is 0 Å². The van der Waals surface area contributed by atoms with Crippen molar-refractivity contribution in [3.63, 3.8) is 0 Å². The molecule has 0 rings (SSSR count). The molecule has 0 heterocycles. The number of carbonyl (C=O) groups is 1. The molecule has 0 aliphatic carbocycles. The molecule has 0 saturated heterocycles. The van der Waals surface area contributed by atoms with E-state index in [9.17, 15) is 14.3 Å². The van der Waals surface area contributed by atoms with Crippen LogP contribution in [0.25, 0.3) is 0 Å². The maximum Gasteiger partial charge on any atom is 0.472 e. The molecule has 0 aliphatic rings. The summed E-state index contributed by atoms with van der Waals surface area (Å²) in [5.41, 5.74) is 0. The van der Waals surface area contributed by atoms with Crippen LogP contribution in [-0.4, -0.2) is 75.6 Å². The Bertz CT molecular complexity index is 1230. The fraction of sp³-hybridized carbons (Fsp3) is 0.646. The average molecular weight is 817 g/mol. The Morgan fingerprint density at radius 1 is 0.561 bits per heavy atom. The molecule has 0 radical (unpaired) electrons. The van der Waals surface area contributed by atoms with Gasteiger partial charge in [0.25, 0.3) is 0 Å². The molecule has 0 aliphatic heterocycles. The number of allylic oxidation sites excluding steroid dienone is 16. The highest BCUT2D eigenvalue weighted by Crippen LogP contribution is 2.43. The number of likely N-dealkylation sites (N-methyl/N-ethyl adjacent to an activating group) is 1. The van der Waals surface area contributed by atoms with Crippen LogP contribution in [0, 0.1) is 0 Å². The third kappa shape index (κ3) is 44.4. The lowest BCUT2D eigenvalue weighted by Gasteiger charge is -2.24. The standard InChI is InChI=1S/C48H82NO7P/c1-6-8-10-12-14-16-18-20-22-23-24-25-26-27-28-29-31-33-35-37-39-41-48(50)56-47(46-55-57(51,52)54-44-42-49(3,4)5)45-53-43-40-38-36-34-32-30-21-19-17-15-13-11-9-7-2/h8,10-11,13-14,16-17,19-20,22,24-25,27-28,31,33,47H,6-7,9,12,15,18,21,23,26,29-30,32,34-46H2,1-5H3/p+1/b10-8-,13-11-,16-14-,19-17-,22-20-,25-24-,28-27-,33-31-. The Morgan fingerprint density at radius 3 is 1.53 bits per heavy atom. The molecule has 0 amide bonds. The number of quaternary nitrogens is 1. The highest BCUT2D eigenvalue weighted by Gasteiger charge is 2.26. The topological polar surface area (TPSA) is 91.3 Å². The van der Waals surface area contributed by atoms with Gasteiger partial charge in [-0.15, -0.1) is 0 Å². The first-order valence-electron chi connectivity index (χ1n) is 22.0. The average Bonchev–Trinajstić information content (AvgIpc) is 3.16. The van der Waals surface area contributed by atoms with Crippen LogP contribution in [0.1, 0.15) is 142 Å². The number of ether oxygens (including phenoxy) is 2. The zero-order valence-corrected chi connectivity index (χ0v) is 37.7. The normalized spacial score (nSPS) is 14.7. The molecule has 2 unspecified atom stereocenters. The van der Waals surface area contributed by atoms with E-state index in [2.05, 4.69) is 111 Å². The lowest BCUT2D eigenvalue weighted by Crippen LogP contribution is -2.37. The lowest BCUT2D eigenvalue weighted by molar-refractivity contribution is -0.870. The van der Waals surface area contributed by atoms with E-state index < -0.39 is 13.9 Å². The molecule has 0 fully saturated rings. The van der Waals surface area contributed by atoms with Gasteiger partial charge in [0.15, 0.2) is 0 Å². The van der Waals surface area contributed by atoms with Gasteiger partial charge in [0.2, 0.25) is 0 Å². The van der Waals surface area contributed by atoms with Crippen molar-refractivity contribution < 1.29 is 37.3 Å². The number of esters is 1. The third-order valence-corrected chi connectivity index (χ3v) is 9.59. The minimum Gasteiger partial charge on any atom is -0.457 e. The van der Waals surface area contributed by atoms with Crippen molar-refractivity contribution >= 4 is 13.8 Å². The highest BCUT2D eigenvalue weighted by atomic mass is 31.2. The van der Waals surface area contributed by atoms with Crippen molar-refractivity contribution in [1.82, 2.24) is 0 Å². The SMILES string of the molecule is CC/C=C\C/C=C\C/C=C\C/C=C\C/C=C\C/C=C\CCCCC(=O)OC(COCCCCCCCC/C=C\C/C=C\CCC)COP(=O)(O)OCC[N+](C)(C)C. The Morgan fingerprint density at radius 2 is 1.02 bits per heavy atom. The number of rotatable bonds is 39. The van der Waals surface area contributed by atoms with Crippen LogP contribution in [-0.2, 0) is 27.9 Å². The van der Waals surface area contributed by atoms with Crippen molar-refractivity contribution in [1.29, 1.82) is 0 Å². The summed E-state index contributed by atoms with van der Waals surface area (Å²) in [5.74, 6) is -0.364. The molecule has 57 heavy (non-hydrogen) atoms. The largest absolute Gasteiger partial charge is 0.472 e. The molecule has 0 bridgehead atoms. The molecule has 0 aromatic carbocycles. The number of phosphoric ester groups is 1. The summed E-state index contributed by atoms with van der Waals surface area (Å²) in [7, 11) is 1.61. The summed E-state index contributed by atoms with van der Waals surface area (Å²) < 4.78 is 34.9. The number of carbonyl (C=O) groups excluding carboxylic acids is 1. The molecular weight excluding hydrogens is 734 g/mol. The molecule has 326 valence electrons. The van der Waals surface area contributed by atoms with E-state index in [-0.39, 0.29) is 32.2 Å². The molecule has 2 atom stereocenters. The quantitative estimate of drug-likeness (QED) is 0.0217. The number of phosphoric acid groups is 1. The first-order valence-corrected chi connectivity index (χ1v) is 23.5. The highest BCUT2D eigenvalue weighted by molar-refractivity contribution is 7.47. The van der Waals surface area contributed by atoms with Crippen molar-refractivity contribution in [2.75, 3.05) is 54.1 Å². The van der Waals surface area contributed by atoms with Gasteiger partial charge in [0.05, 0.1) is 34.4 Å². The predicted molar refractivity (Wildman–Crippen MR) is 242 cm³/mol. The summed E-state index contributed by atoms with van der Waals surface area (Å²) in [4.78, 5) is 22.9. The van der Waals surface area contributed by atoms with E-state index in [4.69, 9.17) is 18.5 Å². The van der Waals surface area contributed by atoms with E-state index in [0.29, 0.717) is 24.1 Å². The molecule has 9 heteroatoms. The second-order valence-corrected chi connectivity index (χ2v) is 16.8. The minimum absolute atomic E-state index is 0.0718. The third-order valence-electron chi connectivity index (χ3n) is 8.61. The van der Waals surface area contributed by atoms with Crippen molar-refractivity contribution in [3.05, 3.63) is 97.2 Å². The van der Waals surface area contributed by atoms with E-state index >= 15 is 0 Å². The Hall–Kier alpha value is -2.58. The van der Waals surface area contributed by atoms with Gasteiger partial charge in [-0.3, -0.25) is 13.8 Å². The molecule has 0 aromatic heterocycles. The number of hydrogen-bond donors (Lipinski definition) is 1. The molecule has 0 saturated carbocycles. The minimum atomic E-state index is -4.30. The van der Waals surface area contributed by atoms with Gasteiger partial charge < -0.3 is 18.9 Å². The number of unbranched alkanes of at least 4 members (excludes halogenated alkanes) is 9. The van der Waals surface area contributed by atoms with Crippen LogP contribution < -0.4 is 0 Å². The lowest BCUT2D eigenvalue weighted by atomic mass is 10.1. The molecule has 1 N–H and O–H groups in total. The zero-order valence-electron chi connectivity index (χ0n) is 36.8. The maximum absolute atomic E-state index is 12.7. The van der Waals surface area contributed by atoms with Crippen LogP contribution in [0.5, 0.6) is 0 Å². The van der Waals surface area contributed by atoms with Crippen LogP contribution in [0.2, 0.25) is 0 Å². The Kier molecular flexibility index (Phi) is 38.4. The van der Waals surface area contributed by atoms with Crippen molar-refractivity contribution in [2.45, 2.75) is 148 Å². The van der Waals surface area contributed by atoms with E-state index in [0.717, 1.165) is 89.9 Å². The molecule has 8 nitrogen and oxygen atoms in total. The van der Waals surface area contributed by atoms with E-state index in [1.165, 1.54) is 25.7 Å². The van der Waals surface area contributed by atoms with Gasteiger partial charge in [0, 0.05) is 13.0 Å². The van der Waals surface area contributed by atoms with Gasteiger partial charge in [-0.25, -0.2) is 4.57 Å².